The highest BCUT2D eigenvalue weighted by Crippen LogP contribution is 2.20. The van der Waals surface area contributed by atoms with Gasteiger partial charge in [-0.2, -0.15) is 0 Å². The molecule has 0 bridgehead atoms. The largest absolute Gasteiger partial charge is 0.297 e. The van der Waals surface area contributed by atoms with Crippen molar-refractivity contribution in [3.8, 4) is 0 Å². The maximum atomic E-state index is 11.1. The Bertz CT molecular complexity index is 306. The van der Waals surface area contributed by atoms with E-state index in [4.69, 9.17) is 0 Å². The standard InChI is InChI=1S/C10H22N2O2S/c1-10(2,3)12-7-5-6-9(8-12)11-15(4,13)14/h9,11H,5-8H2,1-4H3/t9-/m0/s1. The lowest BCUT2D eigenvalue weighted by molar-refractivity contribution is 0.0962. The summed E-state index contributed by atoms with van der Waals surface area (Å²) in [6.45, 7) is 8.36. The van der Waals surface area contributed by atoms with E-state index < -0.39 is 10.0 Å². The lowest BCUT2D eigenvalue weighted by Crippen LogP contribution is -2.53. The SMILES string of the molecule is CC(C)(C)N1CCC[C@H](NS(C)(=O)=O)C1. The molecule has 0 spiro atoms. The second kappa shape index (κ2) is 4.39. The number of likely N-dealkylation sites (tertiary alicyclic amines) is 1. The zero-order valence-corrected chi connectivity index (χ0v) is 10.9. The van der Waals surface area contributed by atoms with Gasteiger partial charge in [0.2, 0.25) is 10.0 Å². The lowest BCUT2D eigenvalue weighted by Gasteiger charge is -2.41. The van der Waals surface area contributed by atoms with Crippen molar-refractivity contribution in [1.82, 2.24) is 9.62 Å². The van der Waals surface area contributed by atoms with E-state index in [0.29, 0.717) is 0 Å². The summed E-state index contributed by atoms with van der Waals surface area (Å²) in [7, 11) is -3.07. The summed E-state index contributed by atoms with van der Waals surface area (Å²) in [5.41, 5.74) is 0.123. The first kappa shape index (κ1) is 12.9. The van der Waals surface area contributed by atoms with Crippen LogP contribution in [0.5, 0.6) is 0 Å². The predicted octanol–water partition coefficient (Wildman–Crippen LogP) is 0.798. The number of rotatable bonds is 2. The van der Waals surface area contributed by atoms with Crippen molar-refractivity contribution in [3.63, 3.8) is 0 Å². The predicted molar refractivity (Wildman–Crippen MR) is 62.3 cm³/mol. The fraction of sp³-hybridized carbons (Fsp3) is 1.00. The number of hydrogen-bond acceptors (Lipinski definition) is 3. The van der Waals surface area contributed by atoms with Gasteiger partial charge in [0.15, 0.2) is 0 Å². The van der Waals surface area contributed by atoms with Gasteiger partial charge in [0, 0.05) is 18.1 Å². The van der Waals surface area contributed by atoms with Gasteiger partial charge in [-0.1, -0.05) is 0 Å². The summed E-state index contributed by atoms with van der Waals surface area (Å²) in [6, 6.07) is 0.0768. The van der Waals surface area contributed by atoms with E-state index in [1.54, 1.807) is 0 Å². The van der Waals surface area contributed by atoms with Gasteiger partial charge in [0.05, 0.1) is 6.26 Å². The van der Waals surface area contributed by atoms with Crippen LogP contribution in [0.4, 0.5) is 0 Å². The molecule has 0 radical (unpaired) electrons. The molecule has 0 aromatic heterocycles. The Hall–Kier alpha value is -0.130. The van der Waals surface area contributed by atoms with Crippen LogP contribution < -0.4 is 4.72 Å². The summed E-state index contributed by atoms with van der Waals surface area (Å²) in [4.78, 5) is 2.33. The average Bonchev–Trinajstić information content (AvgIpc) is 1.99. The van der Waals surface area contributed by atoms with Crippen molar-refractivity contribution in [3.05, 3.63) is 0 Å². The number of nitrogens with one attached hydrogen (secondary N) is 1. The molecule has 0 unspecified atom stereocenters. The summed E-state index contributed by atoms with van der Waals surface area (Å²) in [6.07, 6.45) is 3.23. The molecule has 0 amide bonds. The first-order valence-electron chi connectivity index (χ1n) is 5.41. The van der Waals surface area contributed by atoms with E-state index in [9.17, 15) is 8.42 Å². The molecule has 5 heteroatoms. The number of hydrogen-bond donors (Lipinski definition) is 1. The van der Waals surface area contributed by atoms with Crippen LogP contribution in [0.25, 0.3) is 0 Å². The van der Waals surface area contributed by atoms with Gasteiger partial charge in [-0.15, -0.1) is 0 Å². The van der Waals surface area contributed by atoms with E-state index in [1.165, 1.54) is 6.26 Å². The number of sulfonamides is 1. The highest BCUT2D eigenvalue weighted by Gasteiger charge is 2.28. The third-order valence-electron chi connectivity index (χ3n) is 2.75. The van der Waals surface area contributed by atoms with Crippen molar-refractivity contribution in [1.29, 1.82) is 0 Å². The molecule has 1 saturated heterocycles. The Morgan fingerprint density at radius 2 is 1.93 bits per heavy atom. The average molecular weight is 234 g/mol. The minimum atomic E-state index is -3.07. The Kier molecular flexibility index (Phi) is 3.79. The van der Waals surface area contributed by atoms with E-state index >= 15 is 0 Å². The van der Waals surface area contributed by atoms with Crippen molar-refractivity contribution < 1.29 is 8.42 Å². The summed E-state index contributed by atoms with van der Waals surface area (Å²) in [5, 5.41) is 0. The molecular formula is C10H22N2O2S. The Morgan fingerprint density at radius 3 is 2.40 bits per heavy atom. The molecule has 4 nitrogen and oxygen atoms in total. The summed E-state index contributed by atoms with van der Waals surface area (Å²) in [5.74, 6) is 0. The second-order valence-corrected chi connectivity index (χ2v) is 7.13. The second-order valence-electron chi connectivity index (χ2n) is 5.35. The molecule has 1 aliphatic rings. The first-order valence-corrected chi connectivity index (χ1v) is 7.30. The molecule has 1 aliphatic heterocycles. The molecule has 0 aromatic rings. The molecule has 1 heterocycles. The normalized spacial score (nSPS) is 25.5. The molecule has 0 aromatic carbocycles. The fourth-order valence-corrected chi connectivity index (χ4v) is 2.78. The summed E-state index contributed by atoms with van der Waals surface area (Å²) >= 11 is 0. The van der Waals surface area contributed by atoms with E-state index in [0.717, 1.165) is 25.9 Å². The number of nitrogens with zero attached hydrogens (tertiary/aromatic N) is 1. The van der Waals surface area contributed by atoms with Crippen LogP contribution in [-0.2, 0) is 10.0 Å². The quantitative estimate of drug-likeness (QED) is 0.769. The first-order chi connectivity index (χ1) is 6.68. The minimum Gasteiger partial charge on any atom is -0.297 e. The molecule has 1 rings (SSSR count). The van der Waals surface area contributed by atoms with Crippen LogP contribution >= 0.6 is 0 Å². The fourth-order valence-electron chi connectivity index (χ4n) is 1.99. The van der Waals surface area contributed by atoms with Crippen molar-refractivity contribution >= 4 is 10.0 Å². The Labute approximate surface area is 93.1 Å². The molecule has 1 fully saturated rings. The molecule has 0 saturated carbocycles. The molecule has 90 valence electrons. The smallest absolute Gasteiger partial charge is 0.208 e. The summed E-state index contributed by atoms with van der Waals surface area (Å²) < 4.78 is 24.9. The van der Waals surface area contributed by atoms with Crippen LogP contribution in [0.3, 0.4) is 0 Å². The number of piperidine rings is 1. The van der Waals surface area contributed by atoms with Crippen LogP contribution in [0, 0.1) is 0 Å². The van der Waals surface area contributed by atoms with Crippen LogP contribution in [0.1, 0.15) is 33.6 Å². The van der Waals surface area contributed by atoms with Crippen molar-refractivity contribution in [2.24, 2.45) is 0 Å². The monoisotopic (exact) mass is 234 g/mol. The topological polar surface area (TPSA) is 49.4 Å². The van der Waals surface area contributed by atoms with Gasteiger partial charge in [-0.25, -0.2) is 13.1 Å². The molecule has 1 atom stereocenters. The third kappa shape index (κ3) is 4.49. The van der Waals surface area contributed by atoms with Crippen LogP contribution in [-0.4, -0.2) is 44.2 Å². The Balaban J connectivity index is 2.57. The van der Waals surface area contributed by atoms with Gasteiger partial charge in [-0.3, -0.25) is 4.90 Å². The van der Waals surface area contributed by atoms with E-state index in [2.05, 4.69) is 30.4 Å². The third-order valence-corrected chi connectivity index (χ3v) is 3.51. The van der Waals surface area contributed by atoms with Crippen LogP contribution in [0.15, 0.2) is 0 Å². The van der Waals surface area contributed by atoms with Gasteiger partial charge < -0.3 is 0 Å². The lowest BCUT2D eigenvalue weighted by atomic mass is 9.99. The van der Waals surface area contributed by atoms with Crippen molar-refractivity contribution in [2.45, 2.75) is 45.2 Å². The van der Waals surface area contributed by atoms with E-state index in [-0.39, 0.29) is 11.6 Å². The van der Waals surface area contributed by atoms with Gasteiger partial charge in [0.1, 0.15) is 0 Å². The van der Waals surface area contributed by atoms with Gasteiger partial charge in [-0.05, 0) is 40.2 Å². The maximum absolute atomic E-state index is 11.1. The molecule has 0 aliphatic carbocycles. The minimum absolute atomic E-state index is 0.0768. The molecular weight excluding hydrogens is 212 g/mol. The van der Waals surface area contributed by atoms with Gasteiger partial charge in [0.25, 0.3) is 0 Å². The molecule has 15 heavy (non-hydrogen) atoms. The highest BCUT2D eigenvalue weighted by atomic mass is 32.2. The zero-order valence-electron chi connectivity index (χ0n) is 10.1. The van der Waals surface area contributed by atoms with E-state index in [1.807, 2.05) is 0 Å². The highest BCUT2D eigenvalue weighted by molar-refractivity contribution is 7.88. The van der Waals surface area contributed by atoms with Crippen molar-refractivity contribution in [2.75, 3.05) is 19.3 Å². The van der Waals surface area contributed by atoms with Crippen LogP contribution in [0.2, 0.25) is 0 Å². The zero-order chi connectivity index (χ0) is 11.7. The molecule has 1 N–H and O–H groups in total. The maximum Gasteiger partial charge on any atom is 0.208 e. The van der Waals surface area contributed by atoms with Gasteiger partial charge >= 0.3 is 0 Å². The Morgan fingerprint density at radius 1 is 1.33 bits per heavy atom.